The van der Waals surface area contributed by atoms with Crippen molar-refractivity contribution in [1.82, 2.24) is 10.1 Å². The Hall–Kier alpha value is -2.21. The fourth-order valence-corrected chi connectivity index (χ4v) is 3.29. The number of aryl methyl sites for hydroxylation is 1. The van der Waals surface area contributed by atoms with E-state index in [-0.39, 0.29) is 0 Å². The molecule has 24 heavy (non-hydrogen) atoms. The van der Waals surface area contributed by atoms with Gasteiger partial charge in [-0.05, 0) is 31.4 Å². The maximum Gasteiger partial charge on any atom is 0.203 e. The largest absolute Gasteiger partial charge is 0.493 e. The molecule has 0 saturated carbocycles. The van der Waals surface area contributed by atoms with Crippen molar-refractivity contribution >= 4 is 0 Å². The smallest absolute Gasteiger partial charge is 0.203 e. The van der Waals surface area contributed by atoms with E-state index in [1.807, 2.05) is 13.0 Å². The second-order valence-electron chi connectivity index (χ2n) is 5.99. The standard InChI is InChI=1S/C18H24N2O4/c1-12-9-14(24-19-12)11-20-7-5-13-10-16(21-2)18(23-4)17(22-3)15(13)6-8-20/h9-10H,5-8,11H2,1-4H3. The van der Waals surface area contributed by atoms with Gasteiger partial charge in [0.2, 0.25) is 5.75 Å². The Balaban J connectivity index is 1.84. The first-order valence-corrected chi connectivity index (χ1v) is 8.11. The van der Waals surface area contributed by atoms with Crippen LogP contribution in [0.3, 0.4) is 0 Å². The minimum Gasteiger partial charge on any atom is -0.493 e. The molecule has 3 rings (SSSR count). The van der Waals surface area contributed by atoms with Crippen LogP contribution >= 0.6 is 0 Å². The molecule has 0 radical (unpaired) electrons. The molecule has 2 heterocycles. The second-order valence-corrected chi connectivity index (χ2v) is 5.99. The Kier molecular flexibility index (Phi) is 4.94. The molecule has 0 atom stereocenters. The van der Waals surface area contributed by atoms with E-state index in [0.717, 1.165) is 49.7 Å². The van der Waals surface area contributed by atoms with E-state index in [9.17, 15) is 0 Å². The third-order valence-corrected chi connectivity index (χ3v) is 4.46. The van der Waals surface area contributed by atoms with Crippen molar-refractivity contribution in [2.75, 3.05) is 34.4 Å². The zero-order chi connectivity index (χ0) is 17.1. The maximum absolute atomic E-state index is 5.64. The molecule has 0 amide bonds. The van der Waals surface area contributed by atoms with Crippen molar-refractivity contribution in [3.8, 4) is 17.2 Å². The van der Waals surface area contributed by atoms with Gasteiger partial charge >= 0.3 is 0 Å². The van der Waals surface area contributed by atoms with Crippen LogP contribution in [0, 0.1) is 6.92 Å². The molecule has 130 valence electrons. The fourth-order valence-electron chi connectivity index (χ4n) is 3.29. The monoisotopic (exact) mass is 332 g/mol. The lowest BCUT2D eigenvalue weighted by Crippen LogP contribution is -2.25. The van der Waals surface area contributed by atoms with Gasteiger partial charge in [0.1, 0.15) is 0 Å². The van der Waals surface area contributed by atoms with E-state index >= 15 is 0 Å². The number of hydrogen-bond donors (Lipinski definition) is 0. The lowest BCUT2D eigenvalue weighted by molar-refractivity contribution is 0.239. The highest BCUT2D eigenvalue weighted by Crippen LogP contribution is 2.43. The van der Waals surface area contributed by atoms with Crippen molar-refractivity contribution in [1.29, 1.82) is 0 Å². The molecular weight excluding hydrogens is 308 g/mol. The van der Waals surface area contributed by atoms with E-state index in [2.05, 4.69) is 16.1 Å². The molecule has 1 aliphatic heterocycles. The van der Waals surface area contributed by atoms with Crippen LogP contribution in [0.1, 0.15) is 22.6 Å². The molecule has 0 saturated heterocycles. The van der Waals surface area contributed by atoms with E-state index < -0.39 is 0 Å². The second kappa shape index (κ2) is 7.13. The Morgan fingerprint density at radius 1 is 1.04 bits per heavy atom. The van der Waals surface area contributed by atoms with Crippen molar-refractivity contribution in [3.05, 3.63) is 34.7 Å². The molecule has 1 aliphatic rings. The summed E-state index contributed by atoms with van der Waals surface area (Å²) in [6.45, 7) is 4.59. The molecule has 0 N–H and O–H groups in total. The molecule has 0 fully saturated rings. The Morgan fingerprint density at radius 2 is 1.79 bits per heavy atom. The average Bonchev–Trinajstić information content (AvgIpc) is 2.89. The molecule has 0 aliphatic carbocycles. The summed E-state index contributed by atoms with van der Waals surface area (Å²) in [5.41, 5.74) is 3.37. The van der Waals surface area contributed by atoms with E-state index in [4.69, 9.17) is 18.7 Å². The van der Waals surface area contributed by atoms with Gasteiger partial charge in [0.05, 0.1) is 33.6 Å². The Bertz CT molecular complexity index is 711. The average molecular weight is 332 g/mol. The number of nitrogens with zero attached hydrogens (tertiary/aromatic N) is 2. The van der Waals surface area contributed by atoms with Crippen LogP contribution in [-0.2, 0) is 19.4 Å². The first kappa shape index (κ1) is 16.6. The number of rotatable bonds is 5. The van der Waals surface area contributed by atoms with Gasteiger partial charge in [0.25, 0.3) is 0 Å². The number of aromatic nitrogens is 1. The van der Waals surface area contributed by atoms with E-state index in [0.29, 0.717) is 11.5 Å². The zero-order valence-corrected chi connectivity index (χ0v) is 14.7. The number of hydrogen-bond acceptors (Lipinski definition) is 6. The SMILES string of the molecule is COc1cc2c(c(OC)c1OC)CCN(Cc1cc(C)no1)CC2. The predicted molar refractivity (Wildman–Crippen MR) is 90.0 cm³/mol. The third kappa shape index (κ3) is 3.19. The normalized spacial score (nSPS) is 14.8. The summed E-state index contributed by atoms with van der Waals surface area (Å²) in [5.74, 6) is 3.07. The Morgan fingerprint density at radius 3 is 2.42 bits per heavy atom. The summed E-state index contributed by atoms with van der Waals surface area (Å²) in [7, 11) is 4.97. The lowest BCUT2D eigenvalue weighted by atomic mass is 10.0. The molecule has 0 unspecified atom stereocenters. The highest BCUT2D eigenvalue weighted by molar-refractivity contribution is 5.59. The van der Waals surface area contributed by atoms with Crippen molar-refractivity contribution < 1.29 is 18.7 Å². The van der Waals surface area contributed by atoms with Gasteiger partial charge in [-0.2, -0.15) is 0 Å². The summed E-state index contributed by atoms with van der Waals surface area (Å²) >= 11 is 0. The first-order valence-electron chi connectivity index (χ1n) is 8.11. The summed E-state index contributed by atoms with van der Waals surface area (Å²) in [6.07, 6.45) is 1.82. The lowest BCUT2D eigenvalue weighted by Gasteiger charge is -2.18. The van der Waals surface area contributed by atoms with Crippen LogP contribution in [-0.4, -0.2) is 44.5 Å². The zero-order valence-electron chi connectivity index (χ0n) is 14.7. The number of ether oxygens (including phenoxy) is 3. The first-order chi connectivity index (χ1) is 11.7. The van der Waals surface area contributed by atoms with Gasteiger partial charge < -0.3 is 18.7 Å². The molecule has 0 spiro atoms. The summed E-state index contributed by atoms with van der Waals surface area (Å²) < 4.78 is 22.0. The maximum atomic E-state index is 5.64. The molecule has 1 aromatic carbocycles. The topological polar surface area (TPSA) is 57.0 Å². The molecule has 6 nitrogen and oxygen atoms in total. The van der Waals surface area contributed by atoms with Gasteiger partial charge in [0.15, 0.2) is 17.3 Å². The predicted octanol–water partition coefficient (Wildman–Crippen LogP) is 2.61. The minimum absolute atomic E-state index is 0.665. The number of fused-ring (bicyclic) bond motifs is 1. The molecular formula is C18H24N2O4. The van der Waals surface area contributed by atoms with Gasteiger partial charge in [-0.15, -0.1) is 0 Å². The third-order valence-electron chi connectivity index (χ3n) is 4.46. The number of benzene rings is 1. The minimum atomic E-state index is 0.665. The number of methoxy groups -OCH3 is 3. The van der Waals surface area contributed by atoms with Crippen LogP contribution in [0.5, 0.6) is 17.2 Å². The van der Waals surface area contributed by atoms with E-state index in [1.165, 1.54) is 11.1 Å². The molecule has 0 bridgehead atoms. The fraction of sp³-hybridized carbons (Fsp3) is 0.500. The summed E-state index contributed by atoms with van der Waals surface area (Å²) in [5, 5.41) is 3.96. The van der Waals surface area contributed by atoms with Crippen LogP contribution in [0.2, 0.25) is 0 Å². The Labute approximate surface area is 142 Å². The van der Waals surface area contributed by atoms with Gasteiger partial charge in [-0.25, -0.2) is 0 Å². The molecule has 6 heteroatoms. The molecule has 1 aromatic heterocycles. The van der Waals surface area contributed by atoms with Gasteiger partial charge in [-0.3, -0.25) is 4.90 Å². The van der Waals surface area contributed by atoms with Crippen LogP contribution in [0.15, 0.2) is 16.7 Å². The van der Waals surface area contributed by atoms with Crippen molar-refractivity contribution in [3.63, 3.8) is 0 Å². The van der Waals surface area contributed by atoms with E-state index in [1.54, 1.807) is 21.3 Å². The van der Waals surface area contributed by atoms with Gasteiger partial charge in [0, 0.05) is 24.7 Å². The van der Waals surface area contributed by atoms with Crippen LogP contribution in [0.25, 0.3) is 0 Å². The van der Waals surface area contributed by atoms with Gasteiger partial charge in [-0.1, -0.05) is 5.16 Å². The molecule has 2 aromatic rings. The summed E-state index contributed by atoms with van der Waals surface area (Å²) in [6, 6.07) is 4.06. The quantitative estimate of drug-likeness (QED) is 0.839. The highest BCUT2D eigenvalue weighted by atomic mass is 16.5. The van der Waals surface area contributed by atoms with Crippen molar-refractivity contribution in [2.24, 2.45) is 0 Å². The van der Waals surface area contributed by atoms with Crippen molar-refractivity contribution in [2.45, 2.75) is 26.3 Å². The van der Waals surface area contributed by atoms with Crippen LogP contribution in [0.4, 0.5) is 0 Å². The van der Waals surface area contributed by atoms with Crippen LogP contribution < -0.4 is 14.2 Å². The summed E-state index contributed by atoms with van der Waals surface area (Å²) in [4.78, 5) is 2.37. The highest BCUT2D eigenvalue weighted by Gasteiger charge is 2.24.